The Hall–Kier alpha value is -0.550. The first-order valence-corrected chi connectivity index (χ1v) is 11.9. The minimum atomic E-state index is -0.470. The van der Waals surface area contributed by atoms with E-state index in [2.05, 4.69) is 54.4 Å². The zero-order valence-electron chi connectivity index (χ0n) is 19.9. The van der Waals surface area contributed by atoms with Crippen molar-refractivity contribution in [2.24, 2.45) is 5.41 Å². The summed E-state index contributed by atoms with van der Waals surface area (Å²) < 4.78 is 1.67. The summed E-state index contributed by atoms with van der Waals surface area (Å²) in [6, 6.07) is 0. The summed E-state index contributed by atoms with van der Waals surface area (Å²) in [4.78, 5) is 0. The van der Waals surface area contributed by atoms with Gasteiger partial charge in [-0.2, -0.15) is 0 Å². The summed E-state index contributed by atoms with van der Waals surface area (Å²) in [6.45, 7) is 26.5. The normalized spacial score (nSPS) is 17.4. The molecule has 0 aromatic rings. The summed E-state index contributed by atoms with van der Waals surface area (Å²) in [6.07, 6.45) is 5.25. The Labute approximate surface area is 195 Å². The molecule has 3 nitrogen and oxygen atoms in total. The molecule has 0 aromatic carbocycles. The topological polar surface area (TPSA) is 69.2 Å². The van der Waals surface area contributed by atoms with E-state index in [1.807, 2.05) is 0 Å². The SMILES string of the molecule is C=CCC(C)[O-].C=CCC(C)[O-].C=CCC(C)[O-].CC1=C(C)C(C)(C)[C]([Hf+3])=C1C. The molecule has 1 aliphatic rings. The third kappa shape index (κ3) is 16.9. The molecule has 0 amide bonds. The molecule has 3 atom stereocenters. The van der Waals surface area contributed by atoms with Crippen molar-refractivity contribution in [3.63, 3.8) is 0 Å². The Kier molecular flexibility index (Phi) is 20.8. The summed E-state index contributed by atoms with van der Waals surface area (Å²) in [7, 11) is 0. The van der Waals surface area contributed by atoms with E-state index in [0.29, 0.717) is 24.7 Å². The Morgan fingerprint density at radius 2 is 1.03 bits per heavy atom. The second kappa shape index (κ2) is 18.2. The molecule has 0 aromatic heterocycles. The van der Waals surface area contributed by atoms with Crippen LogP contribution in [0.4, 0.5) is 0 Å². The zero-order chi connectivity index (χ0) is 23.8. The Morgan fingerprint density at radius 3 is 1.07 bits per heavy atom. The fourth-order valence-corrected chi connectivity index (χ4v) is 3.65. The summed E-state index contributed by atoms with van der Waals surface area (Å²) >= 11 is 1.21. The molecular formula is C25H42HfO3. The van der Waals surface area contributed by atoms with Crippen LogP contribution in [0, 0.1) is 5.41 Å². The van der Waals surface area contributed by atoms with Crippen LogP contribution in [0.3, 0.4) is 0 Å². The van der Waals surface area contributed by atoms with Gasteiger partial charge in [-0.25, -0.2) is 0 Å². The minimum absolute atomic E-state index is 0.375. The van der Waals surface area contributed by atoms with E-state index in [1.165, 1.54) is 29.9 Å². The summed E-state index contributed by atoms with van der Waals surface area (Å²) in [5, 5.41) is 30.2. The van der Waals surface area contributed by atoms with Gasteiger partial charge < -0.3 is 15.3 Å². The van der Waals surface area contributed by atoms with Gasteiger partial charge in [-0.1, -0.05) is 39.0 Å². The van der Waals surface area contributed by atoms with Crippen LogP contribution in [0.2, 0.25) is 0 Å². The van der Waals surface area contributed by atoms with E-state index in [0.717, 1.165) is 0 Å². The molecule has 0 fully saturated rings. The third-order valence-electron chi connectivity index (χ3n) is 4.56. The van der Waals surface area contributed by atoms with Crippen LogP contribution in [0.25, 0.3) is 0 Å². The van der Waals surface area contributed by atoms with Gasteiger partial charge in [0, 0.05) is 0 Å². The predicted molar refractivity (Wildman–Crippen MR) is 118 cm³/mol. The molecule has 3 unspecified atom stereocenters. The standard InChI is InChI=1S/C10H15.3C5H9O.Hf/c1-7-6-10(4,5)9(3)8(7)2;3*1-3-4-5(2)6;/h1-5H3;3*3,5H,1,4H2,2H3;/q;3*-1;+3. The predicted octanol–water partition coefficient (Wildman–Crippen LogP) is 4.12. The Morgan fingerprint density at radius 1 is 0.759 bits per heavy atom. The molecule has 0 aliphatic heterocycles. The van der Waals surface area contributed by atoms with Gasteiger partial charge in [0.25, 0.3) is 0 Å². The molecule has 1 aliphatic carbocycles. The monoisotopic (exact) mass is 570 g/mol. The Balaban J connectivity index is -0.000000328. The molecule has 0 bridgehead atoms. The quantitative estimate of drug-likeness (QED) is 0.358. The fourth-order valence-electron chi connectivity index (χ4n) is 2.30. The van der Waals surface area contributed by atoms with Crippen molar-refractivity contribution < 1.29 is 39.7 Å². The Bertz CT molecular complexity index is 479. The number of hydrogen-bond donors (Lipinski definition) is 0. The van der Waals surface area contributed by atoms with Crippen LogP contribution in [0.15, 0.2) is 58.0 Å². The summed E-state index contributed by atoms with van der Waals surface area (Å²) in [5.41, 5.74) is 5.03. The van der Waals surface area contributed by atoms with Gasteiger partial charge in [0.2, 0.25) is 0 Å². The van der Waals surface area contributed by atoms with Gasteiger partial charge in [0.05, 0.1) is 0 Å². The van der Waals surface area contributed by atoms with Gasteiger partial charge in [-0.15, -0.1) is 38.0 Å². The van der Waals surface area contributed by atoms with Crippen LogP contribution in [0.1, 0.15) is 74.7 Å². The first kappa shape index (κ1) is 33.1. The summed E-state index contributed by atoms with van der Waals surface area (Å²) in [5.74, 6) is 0. The van der Waals surface area contributed by atoms with Gasteiger partial charge in [-0.3, -0.25) is 0 Å². The van der Waals surface area contributed by atoms with Crippen molar-refractivity contribution in [1.82, 2.24) is 0 Å². The van der Waals surface area contributed by atoms with Crippen LogP contribution in [-0.2, 0) is 24.4 Å². The number of allylic oxidation sites excluding steroid dienone is 4. The van der Waals surface area contributed by atoms with E-state index in [9.17, 15) is 15.3 Å². The van der Waals surface area contributed by atoms with Crippen molar-refractivity contribution in [2.75, 3.05) is 0 Å². The molecule has 0 spiro atoms. The van der Waals surface area contributed by atoms with E-state index >= 15 is 0 Å². The zero-order valence-corrected chi connectivity index (χ0v) is 23.5. The van der Waals surface area contributed by atoms with Crippen molar-refractivity contribution >= 4 is 0 Å². The molecule has 0 N–H and O–H groups in total. The average Bonchev–Trinajstić information content (AvgIpc) is 2.71. The van der Waals surface area contributed by atoms with Gasteiger partial charge >= 0.3 is 84.5 Å². The molecule has 0 saturated heterocycles. The maximum absolute atomic E-state index is 10.1. The van der Waals surface area contributed by atoms with Gasteiger partial charge in [0.1, 0.15) is 0 Å². The maximum atomic E-state index is 10.1. The molecule has 29 heavy (non-hydrogen) atoms. The van der Waals surface area contributed by atoms with Crippen LogP contribution < -0.4 is 15.3 Å². The van der Waals surface area contributed by atoms with Crippen molar-refractivity contribution in [3.8, 4) is 0 Å². The molecule has 164 valence electrons. The van der Waals surface area contributed by atoms with Gasteiger partial charge in [0.15, 0.2) is 0 Å². The van der Waals surface area contributed by atoms with E-state index in [-0.39, 0.29) is 0 Å². The molecule has 0 radical (unpaired) electrons. The molecule has 0 saturated carbocycles. The van der Waals surface area contributed by atoms with Crippen LogP contribution in [0.5, 0.6) is 0 Å². The average molecular weight is 569 g/mol. The van der Waals surface area contributed by atoms with E-state index in [4.69, 9.17) is 0 Å². The van der Waals surface area contributed by atoms with Crippen molar-refractivity contribution in [3.05, 3.63) is 58.0 Å². The number of hydrogen-bond acceptors (Lipinski definition) is 3. The van der Waals surface area contributed by atoms with E-state index in [1.54, 1.807) is 53.5 Å². The second-order valence-corrected chi connectivity index (χ2v) is 9.68. The molecule has 0 heterocycles. The molecule has 1 rings (SSSR count). The first-order valence-electron chi connectivity index (χ1n) is 10.1. The van der Waals surface area contributed by atoms with Gasteiger partial charge in [-0.05, 0) is 19.3 Å². The number of rotatable bonds is 6. The third-order valence-corrected chi connectivity index (χ3v) is 8.15. The van der Waals surface area contributed by atoms with Crippen LogP contribution >= 0.6 is 0 Å². The molecular weight excluding hydrogens is 527 g/mol. The van der Waals surface area contributed by atoms with E-state index < -0.39 is 18.3 Å². The van der Waals surface area contributed by atoms with Crippen molar-refractivity contribution in [1.29, 1.82) is 0 Å². The second-order valence-electron chi connectivity index (χ2n) is 7.88. The van der Waals surface area contributed by atoms with Crippen molar-refractivity contribution in [2.45, 2.75) is 93.0 Å². The fraction of sp³-hybridized carbons (Fsp3) is 0.600. The molecule has 4 heteroatoms. The first-order chi connectivity index (χ1) is 13.2. The van der Waals surface area contributed by atoms with Crippen LogP contribution in [-0.4, -0.2) is 18.3 Å².